The number of hydrogen-bond donors (Lipinski definition) is 2. The number of H-pyrrole nitrogens is 1. The van der Waals surface area contributed by atoms with Crippen molar-refractivity contribution in [3.63, 3.8) is 0 Å². The minimum atomic E-state index is -0.506. The summed E-state index contributed by atoms with van der Waals surface area (Å²) in [5, 5.41) is 6.80. The second kappa shape index (κ2) is 6.47. The van der Waals surface area contributed by atoms with E-state index in [9.17, 15) is 9.59 Å². The maximum Gasteiger partial charge on any atom is 0.328 e. The van der Waals surface area contributed by atoms with Crippen molar-refractivity contribution in [3.05, 3.63) is 37.7 Å². The van der Waals surface area contributed by atoms with Crippen LogP contribution in [0.15, 0.2) is 25.0 Å². The van der Waals surface area contributed by atoms with Gasteiger partial charge in [0.05, 0.1) is 0 Å². The zero-order chi connectivity index (χ0) is 15.5. The minimum absolute atomic E-state index is 0.0625. The molecule has 0 amide bonds. The summed E-state index contributed by atoms with van der Waals surface area (Å²) in [6.45, 7) is -0.0625. The molecular weight excluding hydrogens is 354 g/mol. The highest BCUT2D eigenvalue weighted by Crippen LogP contribution is 2.19. The first-order chi connectivity index (χ1) is 10.6. The molecular formula is C13H16BrN5O3. The van der Waals surface area contributed by atoms with Crippen LogP contribution < -0.4 is 16.6 Å². The van der Waals surface area contributed by atoms with Crippen molar-refractivity contribution >= 4 is 21.6 Å². The first-order valence-corrected chi connectivity index (χ1v) is 8.00. The Kier molecular flexibility index (Phi) is 4.41. The first-order valence-electron chi connectivity index (χ1n) is 7.20. The number of nitrogens with one attached hydrogen (secondary N) is 2. The molecule has 1 saturated carbocycles. The van der Waals surface area contributed by atoms with Crippen LogP contribution in [0.4, 0.5) is 5.69 Å². The molecule has 0 saturated heterocycles. The molecule has 0 radical (unpaired) electrons. The third-order valence-corrected chi connectivity index (χ3v) is 4.08. The second-order valence-electron chi connectivity index (χ2n) is 5.34. The lowest BCUT2D eigenvalue weighted by Gasteiger charge is -2.23. The van der Waals surface area contributed by atoms with Crippen LogP contribution in [-0.4, -0.2) is 25.7 Å². The van der Waals surface area contributed by atoms with Crippen molar-refractivity contribution < 1.29 is 4.52 Å². The molecule has 2 aromatic heterocycles. The maximum atomic E-state index is 12.5. The monoisotopic (exact) mass is 369 g/mol. The van der Waals surface area contributed by atoms with Crippen molar-refractivity contribution in [2.24, 2.45) is 0 Å². The predicted molar refractivity (Wildman–Crippen MR) is 82.9 cm³/mol. The number of aromatic nitrogens is 4. The summed E-state index contributed by atoms with van der Waals surface area (Å²) in [5.74, 6) is 0.189. The molecule has 1 fully saturated rings. The van der Waals surface area contributed by atoms with E-state index in [1.165, 1.54) is 12.6 Å². The van der Waals surface area contributed by atoms with Crippen molar-refractivity contribution in [2.45, 2.75) is 44.7 Å². The van der Waals surface area contributed by atoms with Crippen LogP contribution in [0, 0.1) is 0 Å². The van der Waals surface area contributed by atoms with Crippen LogP contribution in [0.1, 0.15) is 38.0 Å². The van der Waals surface area contributed by atoms with Gasteiger partial charge >= 0.3 is 5.69 Å². The van der Waals surface area contributed by atoms with E-state index in [1.807, 2.05) is 0 Å². The second-order valence-corrected chi connectivity index (χ2v) is 6.04. The van der Waals surface area contributed by atoms with Crippen LogP contribution in [0.5, 0.6) is 0 Å². The quantitative estimate of drug-likeness (QED) is 0.845. The van der Waals surface area contributed by atoms with E-state index in [2.05, 4.69) is 36.4 Å². The van der Waals surface area contributed by atoms with Crippen molar-refractivity contribution in [3.8, 4) is 0 Å². The Hall–Kier alpha value is -1.90. The van der Waals surface area contributed by atoms with Gasteiger partial charge in [0.25, 0.3) is 5.56 Å². The molecule has 118 valence electrons. The zero-order valence-electron chi connectivity index (χ0n) is 11.8. The number of aromatic amines is 1. The lowest BCUT2D eigenvalue weighted by molar-refractivity contribution is 0.364. The first kappa shape index (κ1) is 15.0. The van der Waals surface area contributed by atoms with Gasteiger partial charge in [0.1, 0.15) is 12.2 Å². The normalized spacial score (nSPS) is 15.9. The molecule has 0 atom stereocenters. The molecule has 8 nitrogen and oxygen atoms in total. The van der Waals surface area contributed by atoms with Gasteiger partial charge in [-0.1, -0.05) is 19.3 Å². The fourth-order valence-electron chi connectivity index (χ4n) is 2.66. The standard InChI is InChI=1S/C13H16BrN5O3/c14-12-17-10(22-18-12)7-19-11(20)9(6-15-13(19)21)16-8-4-2-1-3-5-8/h6,8,16H,1-5,7H2,(H,15,21). The molecule has 0 spiro atoms. The average molecular weight is 370 g/mol. The van der Waals surface area contributed by atoms with Crippen LogP contribution in [0.2, 0.25) is 0 Å². The zero-order valence-corrected chi connectivity index (χ0v) is 13.4. The Morgan fingerprint density at radius 1 is 1.36 bits per heavy atom. The summed E-state index contributed by atoms with van der Waals surface area (Å²) >= 11 is 3.06. The molecule has 1 aliphatic rings. The third kappa shape index (κ3) is 3.29. The molecule has 2 heterocycles. The SMILES string of the molecule is O=c1[nH]cc(NC2CCCCC2)c(=O)n1Cc1nc(Br)no1. The summed E-state index contributed by atoms with van der Waals surface area (Å²) < 4.78 is 6.25. The Morgan fingerprint density at radius 3 is 2.82 bits per heavy atom. The molecule has 3 rings (SSSR count). The van der Waals surface area contributed by atoms with Crippen molar-refractivity contribution in [1.29, 1.82) is 0 Å². The fourth-order valence-corrected chi connectivity index (χ4v) is 2.93. The van der Waals surface area contributed by atoms with Gasteiger partial charge in [0.2, 0.25) is 10.6 Å². The molecule has 9 heteroatoms. The molecule has 0 unspecified atom stereocenters. The van der Waals surface area contributed by atoms with Gasteiger partial charge in [-0.05, 0) is 33.9 Å². The Balaban J connectivity index is 1.85. The van der Waals surface area contributed by atoms with Crippen LogP contribution >= 0.6 is 15.9 Å². The topological polar surface area (TPSA) is 106 Å². The van der Waals surface area contributed by atoms with Gasteiger partial charge in [-0.2, -0.15) is 4.98 Å². The molecule has 2 aromatic rings. The van der Waals surface area contributed by atoms with Gasteiger partial charge in [0.15, 0.2) is 0 Å². The molecule has 0 aromatic carbocycles. The molecule has 0 bridgehead atoms. The van der Waals surface area contributed by atoms with Crippen molar-refractivity contribution in [1.82, 2.24) is 19.7 Å². The van der Waals surface area contributed by atoms with Crippen molar-refractivity contribution in [2.75, 3.05) is 5.32 Å². The largest absolute Gasteiger partial charge is 0.377 e. The molecule has 1 aliphatic carbocycles. The fraction of sp³-hybridized carbons (Fsp3) is 0.538. The van der Waals surface area contributed by atoms with E-state index < -0.39 is 5.69 Å². The lowest BCUT2D eigenvalue weighted by Crippen LogP contribution is -2.38. The number of hydrogen-bond acceptors (Lipinski definition) is 6. The number of anilines is 1. The van der Waals surface area contributed by atoms with Crippen LogP contribution in [0.25, 0.3) is 0 Å². The summed E-state index contributed by atoms with van der Waals surface area (Å²) in [5.41, 5.74) is -0.498. The van der Waals surface area contributed by atoms with Gasteiger partial charge in [-0.25, -0.2) is 9.36 Å². The highest BCUT2D eigenvalue weighted by Gasteiger charge is 2.17. The Morgan fingerprint density at radius 2 is 2.14 bits per heavy atom. The van der Waals surface area contributed by atoms with Gasteiger partial charge in [0, 0.05) is 12.2 Å². The van der Waals surface area contributed by atoms with Crippen LogP contribution in [-0.2, 0) is 6.54 Å². The van der Waals surface area contributed by atoms with Crippen LogP contribution in [0.3, 0.4) is 0 Å². The number of rotatable bonds is 4. The number of halogens is 1. The number of nitrogens with zero attached hydrogens (tertiary/aromatic N) is 3. The third-order valence-electron chi connectivity index (χ3n) is 3.76. The smallest absolute Gasteiger partial charge is 0.328 e. The van der Waals surface area contributed by atoms with E-state index in [4.69, 9.17) is 4.52 Å². The Labute approximate surface area is 134 Å². The molecule has 0 aliphatic heterocycles. The molecule has 22 heavy (non-hydrogen) atoms. The van der Waals surface area contributed by atoms with E-state index in [0.717, 1.165) is 30.3 Å². The summed E-state index contributed by atoms with van der Waals surface area (Å²) in [4.78, 5) is 30.8. The average Bonchev–Trinajstić information content (AvgIpc) is 2.93. The predicted octanol–water partition coefficient (Wildman–Crippen LogP) is 1.47. The van der Waals surface area contributed by atoms with E-state index in [1.54, 1.807) is 0 Å². The van der Waals surface area contributed by atoms with Gasteiger partial charge < -0.3 is 14.8 Å². The Bertz CT molecular complexity index is 760. The highest BCUT2D eigenvalue weighted by atomic mass is 79.9. The summed E-state index contributed by atoms with van der Waals surface area (Å²) in [6, 6.07) is 0.276. The summed E-state index contributed by atoms with van der Waals surface area (Å²) in [7, 11) is 0. The van der Waals surface area contributed by atoms with Gasteiger partial charge in [-0.15, -0.1) is 0 Å². The maximum absolute atomic E-state index is 12.5. The summed E-state index contributed by atoms with van der Waals surface area (Å²) in [6.07, 6.45) is 7.06. The lowest BCUT2D eigenvalue weighted by atomic mass is 9.95. The van der Waals surface area contributed by atoms with E-state index >= 15 is 0 Å². The van der Waals surface area contributed by atoms with E-state index in [0.29, 0.717) is 5.69 Å². The van der Waals surface area contributed by atoms with E-state index in [-0.39, 0.29) is 28.8 Å². The molecule has 2 N–H and O–H groups in total. The highest BCUT2D eigenvalue weighted by molar-refractivity contribution is 9.10. The van der Waals surface area contributed by atoms with Gasteiger partial charge in [-0.3, -0.25) is 4.79 Å². The minimum Gasteiger partial charge on any atom is -0.377 e.